The first-order valence-electron chi connectivity index (χ1n) is 10.7. The first-order chi connectivity index (χ1) is 15.8. The predicted molar refractivity (Wildman–Crippen MR) is 130 cm³/mol. The summed E-state index contributed by atoms with van der Waals surface area (Å²) in [4.78, 5) is 43.0. The number of thiazole rings is 1. The zero-order chi connectivity index (χ0) is 23.2. The molecule has 0 radical (unpaired) electrons. The quantitative estimate of drug-likeness (QED) is 0.550. The highest BCUT2D eigenvalue weighted by atomic mass is 32.2. The molecular formula is C24H23N3O4S2. The van der Waals surface area contributed by atoms with Gasteiger partial charge in [0.25, 0.3) is 5.91 Å². The van der Waals surface area contributed by atoms with Gasteiger partial charge in [0.05, 0.1) is 15.1 Å². The standard InChI is InChI=1S/C24H23N3O4S2/c1-14-3-8-17-19(11-14)33-22(26-17)15-4-6-16(7-5-15)25-20(28)12-31-23(30)18-13-32-24(2)10-9-21(29)27(18)24/h3-8,11,18H,9-10,12-13H2,1-2H3,(H,25,28). The molecule has 33 heavy (non-hydrogen) atoms. The van der Waals surface area contributed by atoms with Crippen molar-refractivity contribution in [1.82, 2.24) is 9.88 Å². The first-order valence-corrected chi connectivity index (χ1v) is 12.5. The lowest BCUT2D eigenvalue weighted by Gasteiger charge is -2.29. The van der Waals surface area contributed by atoms with E-state index in [1.807, 2.05) is 31.2 Å². The van der Waals surface area contributed by atoms with E-state index in [4.69, 9.17) is 4.74 Å². The minimum atomic E-state index is -0.625. The number of thioether (sulfide) groups is 1. The van der Waals surface area contributed by atoms with Gasteiger partial charge in [-0.2, -0.15) is 0 Å². The summed E-state index contributed by atoms with van der Waals surface area (Å²) < 4.78 is 6.37. The lowest BCUT2D eigenvalue weighted by molar-refractivity contribution is -0.155. The van der Waals surface area contributed by atoms with Crippen LogP contribution < -0.4 is 5.32 Å². The van der Waals surface area contributed by atoms with Gasteiger partial charge in [-0.1, -0.05) is 6.07 Å². The molecule has 2 unspecified atom stereocenters. The van der Waals surface area contributed by atoms with Gasteiger partial charge >= 0.3 is 5.97 Å². The third kappa shape index (κ3) is 4.22. The van der Waals surface area contributed by atoms with Gasteiger partial charge in [-0.3, -0.25) is 9.59 Å². The topological polar surface area (TPSA) is 88.6 Å². The largest absolute Gasteiger partial charge is 0.454 e. The maximum absolute atomic E-state index is 12.5. The third-order valence-electron chi connectivity index (χ3n) is 6.02. The number of benzene rings is 2. The number of nitrogens with zero attached hydrogens (tertiary/aromatic N) is 2. The number of ether oxygens (including phenoxy) is 1. The smallest absolute Gasteiger partial charge is 0.330 e. The number of aryl methyl sites for hydroxylation is 1. The Kier molecular flexibility index (Phi) is 5.62. The average Bonchev–Trinajstić information content (AvgIpc) is 3.45. The SMILES string of the molecule is Cc1ccc2nc(-c3ccc(NC(=O)COC(=O)C4CSC5(C)CCC(=O)N45)cc3)sc2c1. The number of hydrogen-bond donors (Lipinski definition) is 1. The predicted octanol–water partition coefficient (Wildman–Crippen LogP) is 4.21. The lowest BCUT2D eigenvalue weighted by atomic mass is 10.2. The van der Waals surface area contributed by atoms with Gasteiger partial charge in [0.2, 0.25) is 5.91 Å². The van der Waals surface area contributed by atoms with Crippen LogP contribution in [0.5, 0.6) is 0 Å². The normalized spacial score (nSPS) is 21.9. The van der Waals surface area contributed by atoms with Crippen molar-refractivity contribution in [3.63, 3.8) is 0 Å². The van der Waals surface area contributed by atoms with E-state index in [0.717, 1.165) is 27.2 Å². The van der Waals surface area contributed by atoms with Crippen molar-refractivity contribution >= 4 is 56.8 Å². The summed E-state index contributed by atoms with van der Waals surface area (Å²) in [5, 5.41) is 3.66. The molecule has 0 saturated carbocycles. The summed E-state index contributed by atoms with van der Waals surface area (Å²) in [5.41, 5.74) is 3.74. The number of nitrogens with one attached hydrogen (secondary N) is 1. The van der Waals surface area contributed by atoms with Crippen molar-refractivity contribution in [1.29, 1.82) is 0 Å². The molecule has 2 saturated heterocycles. The van der Waals surface area contributed by atoms with Crippen molar-refractivity contribution in [2.45, 2.75) is 37.6 Å². The Balaban J connectivity index is 1.17. The molecule has 9 heteroatoms. The van der Waals surface area contributed by atoms with E-state index in [0.29, 0.717) is 17.9 Å². The molecule has 2 atom stereocenters. The fourth-order valence-electron chi connectivity index (χ4n) is 4.28. The van der Waals surface area contributed by atoms with Crippen molar-refractivity contribution in [2.24, 2.45) is 0 Å². The van der Waals surface area contributed by atoms with Gasteiger partial charge in [0.15, 0.2) is 6.61 Å². The minimum absolute atomic E-state index is 0.0303. The highest BCUT2D eigenvalue weighted by Gasteiger charge is 2.53. The maximum atomic E-state index is 12.5. The molecule has 2 amide bonds. The molecule has 7 nitrogen and oxygen atoms in total. The zero-order valence-corrected chi connectivity index (χ0v) is 19.9. The highest BCUT2D eigenvalue weighted by molar-refractivity contribution is 8.01. The molecule has 1 N–H and O–H groups in total. The van der Waals surface area contributed by atoms with Crippen LogP contribution in [-0.4, -0.2) is 50.9 Å². The summed E-state index contributed by atoms with van der Waals surface area (Å²) in [7, 11) is 0. The van der Waals surface area contributed by atoms with Gasteiger partial charge in [0.1, 0.15) is 11.0 Å². The number of rotatable bonds is 5. The number of amides is 2. The van der Waals surface area contributed by atoms with Crippen LogP contribution >= 0.6 is 23.1 Å². The van der Waals surface area contributed by atoms with E-state index < -0.39 is 24.5 Å². The Morgan fingerprint density at radius 1 is 1.24 bits per heavy atom. The third-order valence-corrected chi connectivity index (χ3v) is 8.59. The van der Waals surface area contributed by atoms with E-state index in [9.17, 15) is 14.4 Å². The molecule has 0 aliphatic carbocycles. The molecule has 2 aromatic carbocycles. The van der Waals surface area contributed by atoms with Crippen LogP contribution in [0.1, 0.15) is 25.3 Å². The number of esters is 1. The Bertz CT molecular complexity index is 1260. The summed E-state index contributed by atoms with van der Waals surface area (Å²) >= 11 is 3.22. The Hall–Kier alpha value is -2.91. The van der Waals surface area contributed by atoms with E-state index in [2.05, 4.69) is 23.3 Å². The molecule has 2 aliphatic rings. The Morgan fingerprint density at radius 2 is 2.03 bits per heavy atom. The van der Waals surface area contributed by atoms with Crippen molar-refractivity contribution in [3.8, 4) is 10.6 Å². The number of carbonyl (C=O) groups is 3. The number of hydrogen-bond acceptors (Lipinski definition) is 7. The first kappa shape index (κ1) is 21.9. The molecule has 1 aromatic heterocycles. The molecule has 0 spiro atoms. The second kappa shape index (κ2) is 8.46. The lowest BCUT2D eigenvalue weighted by Crippen LogP contribution is -2.47. The molecule has 2 aliphatic heterocycles. The van der Waals surface area contributed by atoms with Gasteiger partial charge in [-0.25, -0.2) is 9.78 Å². The minimum Gasteiger partial charge on any atom is -0.454 e. The van der Waals surface area contributed by atoms with Crippen molar-refractivity contribution < 1.29 is 19.1 Å². The second-order valence-corrected chi connectivity index (χ2v) is 11.0. The second-order valence-electron chi connectivity index (χ2n) is 8.49. The van der Waals surface area contributed by atoms with Crippen LogP contribution in [0.25, 0.3) is 20.8 Å². The van der Waals surface area contributed by atoms with Crippen molar-refractivity contribution in [2.75, 3.05) is 17.7 Å². The van der Waals surface area contributed by atoms with Crippen LogP contribution in [0.2, 0.25) is 0 Å². The highest BCUT2D eigenvalue weighted by Crippen LogP contribution is 2.47. The van der Waals surface area contributed by atoms with E-state index >= 15 is 0 Å². The number of aromatic nitrogens is 1. The number of fused-ring (bicyclic) bond motifs is 2. The Morgan fingerprint density at radius 3 is 2.82 bits per heavy atom. The van der Waals surface area contributed by atoms with E-state index in [1.54, 1.807) is 40.1 Å². The fourth-order valence-corrected chi connectivity index (χ4v) is 6.76. The average molecular weight is 482 g/mol. The molecule has 3 aromatic rings. The number of anilines is 1. The summed E-state index contributed by atoms with van der Waals surface area (Å²) in [6.45, 7) is 3.64. The zero-order valence-electron chi connectivity index (χ0n) is 18.3. The monoisotopic (exact) mass is 481 g/mol. The van der Waals surface area contributed by atoms with E-state index in [1.165, 1.54) is 5.56 Å². The molecule has 2 fully saturated rings. The van der Waals surface area contributed by atoms with Crippen LogP contribution in [-0.2, 0) is 19.1 Å². The van der Waals surface area contributed by atoms with Crippen LogP contribution in [0.15, 0.2) is 42.5 Å². The van der Waals surface area contributed by atoms with Gasteiger partial charge in [-0.05, 0) is 62.2 Å². The molecular weight excluding hydrogens is 458 g/mol. The molecule has 170 valence electrons. The van der Waals surface area contributed by atoms with Crippen LogP contribution in [0.3, 0.4) is 0 Å². The van der Waals surface area contributed by atoms with E-state index in [-0.39, 0.29) is 10.8 Å². The summed E-state index contributed by atoms with van der Waals surface area (Å²) in [6.07, 6.45) is 1.17. The van der Waals surface area contributed by atoms with Crippen molar-refractivity contribution in [3.05, 3.63) is 48.0 Å². The molecule has 3 heterocycles. The van der Waals surface area contributed by atoms with Gasteiger partial charge in [-0.15, -0.1) is 23.1 Å². The molecule has 0 bridgehead atoms. The molecule has 5 rings (SSSR count). The van der Waals surface area contributed by atoms with Crippen LogP contribution in [0, 0.1) is 6.92 Å². The maximum Gasteiger partial charge on any atom is 0.330 e. The summed E-state index contributed by atoms with van der Waals surface area (Å²) in [5.74, 6) is -0.488. The number of carbonyl (C=O) groups excluding carboxylic acids is 3. The summed E-state index contributed by atoms with van der Waals surface area (Å²) in [6, 6.07) is 13.0. The van der Waals surface area contributed by atoms with Gasteiger partial charge < -0.3 is 15.0 Å². The van der Waals surface area contributed by atoms with Gasteiger partial charge in [0, 0.05) is 23.4 Å². The fraction of sp³-hybridized carbons (Fsp3) is 0.333. The Labute approximate surface area is 199 Å². The van der Waals surface area contributed by atoms with Crippen LogP contribution in [0.4, 0.5) is 5.69 Å².